The summed E-state index contributed by atoms with van der Waals surface area (Å²) in [5.41, 5.74) is 10.0. The van der Waals surface area contributed by atoms with Gasteiger partial charge in [-0.05, 0) is 36.6 Å². The first-order valence-electron chi connectivity index (χ1n) is 7.17. The maximum absolute atomic E-state index is 10.9. The number of aryl methyl sites for hydroxylation is 2. The highest BCUT2D eigenvalue weighted by Crippen LogP contribution is 2.37. The summed E-state index contributed by atoms with van der Waals surface area (Å²) in [7, 11) is 1.64. The molecular weight excluding hydrogens is 262 g/mol. The van der Waals surface area contributed by atoms with Gasteiger partial charge in [-0.1, -0.05) is 36.4 Å². The van der Waals surface area contributed by atoms with Crippen molar-refractivity contribution in [2.45, 2.75) is 25.9 Å². The van der Waals surface area contributed by atoms with Crippen LogP contribution >= 0.6 is 0 Å². The third-order valence-corrected chi connectivity index (χ3v) is 4.01. The summed E-state index contributed by atoms with van der Waals surface area (Å²) in [5.74, 6) is 0.569. The van der Waals surface area contributed by atoms with Crippen LogP contribution in [0.5, 0.6) is 5.75 Å². The molecule has 2 aromatic carbocycles. The lowest BCUT2D eigenvalue weighted by atomic mass is 9.85. The number of ether oxygens (including phenoxy) is 1. The molecule has 3 heteroatoms. The first kappa shape index (κ1) is 15.5. The van der Waals surface area contributed by atoms with Crippen LogP contribution in [0.3, 0.4) is 0 Å². The fourth-order valence-corrected chi connectivity index (χ4v) is 2.89. The lowest BCUT2D eigenvalue weighted by Gasteiger charge is -2.26. The Hall–Kier alpha value is -1.84. The Bertz CT molecular complexity index is 590. The van der Waals surface area contributed by atoms with Crippen LogP contribution in [0.15, 0.2) is 42.5 Å². The Balaban J connectivity index is 2.46. The van der Waals surface area contributed by atoms with Crippen LogP contribution in [0, 0.1) is 13.8 Å². The van der Waals surface area contributed by atoms with E-state index in [2.05, 4.69) is 0 Å². The molecule has 21 heavy (non-hydrogen) atoms. The summed E-state index contributed by atoms with van der Waals surface area (Å²) in [6.07, 6.45) is -0.646. The van der Waals surface area contributed by atoms with E-state index in [4.69, 9.17) is 10.5 Å². The van der Waals surface area contributed by atoms with E-state index in [0.29, 0.717) is 6.54 Å². The van der Waals surface area contributed by atoms with Crippen molar-refractivity contribution in [2.24, 2.45) is 5.73 Å². The molecule has 0 fully saturated rings. The normalized spacial score (nSPS) is 13.8. The number of para-hydroxylation sites is 1. The van der Waals surface area contributed by atoms with Gasteiger partial charge in [0.15, 0.2) is 0 Å². The fourth-order valence-electron chi connectivity index (χ4n) is 2.89. The molecule has 2 atom stereocenters. The first-order chi connectivity index (χ1) is 10.1. The van der Waals surface area contributed by atoms with Crippen LogP contribution < -0.4 is 10.5 Å². The minimum absolute atomic E-state index is 0.194. The van der Waals surface area contributed by atoms with Crippen molar-refractivity contribution in [3.8, 4) is 5.75 Å². The lowest BCUT2D eigenvalue weighted by Crippen LogP contribution is -2.22. The third kappa shape index (κ3) is 3.09. The molecule has 0 saturated carbocycles. The van der Waals surface area contributed by atoms with E-state index in [1.165, 1.54) is 0 Å². The SMILES string of the molecule is COc1ccccc1C(CN)C(O)c1c(C)cccc1C. The topological polar surface area (TPSA) is 55.5 Å². The van der Waals surface area contributed by atoms with Gasteiger partial charge in [0.1, 0.15) is 5.75 Å². The second-order valence-electron chi connectivity index (χ2n) is 5.33. The third-order valence-electron chi connectivity index (χ3n) is 4.01. The number of methoxy groups -OCH3 is 1. The van der Waals surface area contributed by atoms with Gasteiger partial charge in [-0.25, -0.2) is 0 Å². The Morgan fingerprint density at radius 1 is 1.05 bits per heavy atom. The fraction of sp³-hybridized carbons (Fsp3) is 0.333. The molecule has 2 rings (SSSR count). The van der Waals surface area contributed by atoms with Gasteiger partial charge in [-0.15, -0.1) is 0 Å². The minimum Gasteiger partial charge on any atom is -0.496 e. The van der Waals surface area contributed by atoms with E-state index in [0.717, 1.165) is 28.0 Å². The Morgan fingerprint density at radius 2 is 1.67 bits per heavy atom. The summed E-state index contributed by atoms with van der Waals surface area (Å²) in [4.78, 5) is 0. The molecule has 112 valence electrons. The van der Waals surface area contributed by atoms with Crippen molar-refractivity contribution in [3.63, 3.8) is 0 Å². The summed E-state index contributed by atoms with van der Waals surface area (Å²) in [6, 6.07) is 13.8. The standard InChI is InChI=1S/C18H23NO2/c1-12-7-6-8-13(2)17(12)18(20)15(11-19)14-9-4-5-10-16(14)21-3/h4-10,15,18,20H,11,19H2,1-3H3. The monoisotopic (exact) mass is 285 g/mol. The van der Waals surface area contributed by atoms with Gasteiger partial charge in [-0.3, -0.25) is 0 Å². The molecule has 2 unspecified atom stereocenters. The number of hydrogen-bond donors (Lipinski definition) is 2. The van der Waals surface area contributed by atoms with Gasteiger partial charge < -0.3 is 15.6 Å². The molecule has 0 aromatic heterocycles. The van der Waals surface area contributed by atoms with Crippen LogP contribution in [0.1, 0.15) is 34.3 Å². The minimum atomic E-state index is -0.646. The second kappa shape index (κ2) is 6.74. The van der Waals surface area contributed by atoms with Crippen molar-refractivity contribution in [2.75, 3.05) is 13.7 Å². The van der Waals surface area contributed by atoms with E-state index in [1.807, 2.05) is 56.3 Å². The largest absolute Gasteiger partial charge is 0.496 e. The van der Waals surface area contributed by atoms with Crippen LogP contribution in [-0.4, -0.2) is 18.8 Å². The number of benzene rings is 2. The molecule has 0 heterocycles. The molecule has 0 bridgehead atoms. The zero-order valence-corrected chi connectivity index (χ0v) is 12.8. The van der Waals surface area contributed by atoms with Gasteiger partial charge in [0.2, 0.25) is 0 Å². The van der Waals surface area contributed by atoms with E-state index < -0.39 is 6.10 Å². The first-order valence-corrected chi connectivity index (χ1v) is 7.17. The summed E-state index contributed by atoms with van der Waals surface area (Å²) in [5, 5.41) is 10.9. The molecule has 0 radical (unpaired) electrons. The Morgan fingerprint density at radius 3 is 2.24 bits per heavy atom. The number of aliphatic hydroxyl groups is 1. The highest BCUT2D eigenvalue weighted by molar-refractivity contribution is 5.42. The van der Waals surface area contributed by atoms with Gasteiger partial charge in [0, 0.05) is 18.0 Å². The summed E-state index contributed by atoms with van der Waals surface area (Å²) >= 11 is 0. The molecular formula is C18H23NO2. The Labute approximate surface area is 126 Å². The van der Waals surface area contributed by atoms with Crippen LogP contribution in [-0.2, 0) is 0 Å². The smallest absolute Gasteiger partial charge is 0.122 e. The van der Waals surface area contributed by atoms with Crippen molar-refractivity contribution in [1.29, 1.82) is 0 Å². The zero-order chi connectivity index (χ0) is 15.4. The van der Waals surface area contributed by atoms with Gasteiger partial charge >= 0.3 is 0 Å². The Kier molecular flexibility index (Phi) is 4.99. The number of aliphatic hydroxyl groups excluding tert-OH is 1. The van der Waals surface area contributed by atoms with Gasteiger partial charge in [-0.2, -0.15) is 0 Å². The van der Waals surface area contributed by atoms with Gasteiger partial charge in [0.05, 0.1) is 13.2 Å². The van der Waals surface area contributed by atoms with Crippen LogP contribution in [0.25, 0.3) is 0 Å². The van der Waals surface area contributed by atoms with Crippen molar-refractivity contribution >= 4 is 0 Å². The van der Waals surface area contributed by atoms with E-state index in [-0.39, 0.29) is 5.92 Å². The molecule has 0 saturated heterocycles. The van der Waals surface area contributed by atoms with Crippen LogP contribution in [0.4, 0.5) is 0 Å². The molecule has 2 aromatic rings. The highest BCUT2D eigenvalue weighted by Gasteiger charge is 2.26. The molecule has 0 aliphatic carbocycles. The highest BCUT2D eigenvalue weighted by atomic mass is 16.5. The van der Waals surface area contributed by atoms with Crippen molar-refractivity contribution < 1.29 is 9.84 Å². The van der Waals surface area contributed by atoms with E-state index in [1.54, 1.807) is 7.11 Å². The van der Waals surface area contributed by atoms with E-state index in [9.17, 15) is 5.11 Å². The second-order valence-corrected chi connectivity index (χ2v) is 5.33. The average molecular weight is 285 g/mol. The zero-order valence-electron chi connectivity index (χ0n) is 12.8. The average Bonchev–Trinajstić information content (AvgIpc) is 2.48. The van der Waals surface area contributed by atoms with E-state index >= 15 is 0 Å². The quantitative estimate of drug-likeness (QED) is 0.887. The lowest BCUT2D eigenvalue weighted by molar-refractivity contribution is 0.144. The maximum Gasteiger partial charge on any atom is 0.122 e. The summed E-state index contributed by atoms with van der Waals surface area (Å²) < 4.78 is 5.41. The molecule has 3 nitrogen and oxygen atoms in total. The molecule has 3 N–H and O–H groups in total. The van der Waals surface area contributed by atoms with Gasteiger partial charge in [0.25, 0.3) is 0 Å². The maximum atomic E-state index is 10.9. The predicted molar refractivity (Wildman–Crippen MR) is 85.7 cm³/mol. The number of hydrogen-bond acceptors (Lipinski definition) is 3. The molecule has 0 spiro atoms. The number of rotatable bonds is 5. The van der Waals surface area contributed by atoms with Crippen molar-refractivity contribution in [3.05, 3.63) is 64.7 Å². The van der Waals surface area contributed by atoms with Crippen molar-refractivity contribution in [1.82, 2.24) is 0 Å². The molecule has 0 amide bonds. The summed E-state index contributed by atoms with van der Waals surface area (Å²) in [6.45, 7) is 4.39. The predicted octanol–water partition coefficient (Wildman–Crippen LogP) is 3.09. The van der Waals surface area contributed by atoms with Crippen LogP contribution in [0.2, 0.25) is 0 Å². The molecule has 0 aliphatic heterocycles. The number of nitrogens with two attached hydrogens (primary N) is 1. The molecule has 0 aliphatic rings.